The molecule has 1 aliphatic heterocycles. The first kappa shape index (κ1) is 26.7. The first-order chi connectivity index (χ1) is 18.8. The van der Waals surface area contributed by atoms with Crippen molar-refractivity contribution in [1.82, 2.24) is 30.1 Å². The topological polar surface area (TPSA) is 107 Å². The summed E-state index contributed by atoms with van der Waals surface area (Å²) in [4.78, 5) is 18.6. The lowest BCUT2D eigenvalue weighted by molar-refractivity contribution is 0.145. The Morgan fingerprint density at radius 3 is 2.69 bits per heavy atom. The molecule has 3 heterocycles. The molecule has 0 amide bonds. The molecule has 0 bridgehead atoms. The smallest absolute Gasteiger partial charge is 0.252 e. The number of hydrogen-bond donors (Lipinski definition) is 1. The summed E-state index contributed by atoms with van der Waals surface area (Å²) in [5, 5.41) is 13.9. The quantitative estimate of drug-likeness (QED) is 0.289. The van der Waals surface area contributed by atoms with Gasteiger partial charge in [-0.3, -0.25) is 9.69 Å². The number of methoxy groups -OCH3 is 1. The zero-order chi connectivity index (χ0) is 27.6. The first-order valence-corrected chi connectivity index (χ1v) is 13.4. The zero-order valence-electron chi connectivity index (χ0n) is 23.2. The molecular formula is C29H36N6O4. The Morgan fingerprint density at radius 1 is 1.10 bits per heavy atom. The van der Waals surface area contributed by atoms with Crippen molar-refractivity contribution >= 4 is 10.9 Å². The number of nitrogens with zero attached hydrogens (tertiary/aromatic N) is 5. The maximum Gasteiger partial charge on any atom is 0.252 e. The summed E-state index contributed by atoms with van der Waals surface area (Å²) < 4.78 is 18.4. The van der Waals surface area contributed by atoms with Crippen LogP contribution in [0.2, 0.25) is 0 Å². The lowest BCUT2D eigenvalue weighted by Gasteiger charge is -2.33. The highest BCUT2D eigenvalue weighted by Crippen LogP contribution is 2.35. The predicted molar refractivity (Wildman–Crippen MR) is 148 cm³/mol. The fraction of sp³-hybridized carbons (Fsp3) is 0.448. The van der Waals surface area contributed by atoms with Crippen LogP contribution in [-0.4, -0.2) is 44.0 Å². The van der Waals surface area contributed by atoms with Gasteiger partial charge in [0.05, 0.1) is 24.2 Å². The SMILES string of the molecule is CCC[C@H](c1nnnn1C(C)(C)CC)N(Cc1ccc2c(c1)OCO2)Cc1cc2ccc(OC)cc2[nH]c1=O. The molecule has 39 heavy (non-hydrogen) atoms. The van der Waals surface area contributed by atoms with Gasteiger partial charge in [-0.1, -0.05) is 26.3 Å². The summed E-state index contributed by atoms with van der Waals surface area (Å²) in [5.74, 6) is 2.97. The van der Waals surface area contributed by atoms with Gasteiger partial charge in [0.15, 0.2) is 17.3 Å². The Hall–Kier alpha value is -3.92. The molecule has 0 saturated carbocycles. The Bertz CT molecular complexity index is 1510. The van der Waals surface area contributed by atoms with Crippen molar-refractivity contribution in [2.45, 2.75) is 71.6 Å². The van der Waals surface area contributed by atoms with Gasteiger partial charge < -0.3 is 19.2 Å². The van der Waals surface area contributed by atoms with Gasteiger partial charge in [0.25, 0.3) is 5.56 Å². The maximum absolute atomic E-state index is 13.3. The van der Waals surface area contributed by atoms with Crippen LogP contribution in [0.1, 0.15) is 70.0 Å². The molecule has 1 aliphatic rings. The van der Waals surface area contributed by atoms with E-state index in [0.29, 0.717) is 24.4 Å². The molecular weight excluding hydrogens is 496 g/mol. The van der Waals surface area contributed by atoms with E-state index in [1.807, 2.05) is 47.1 Å². The molecule has 1 N–H and O–H groups in total. The highest BCUT2D eigenvalue weighted by molar-refractivity contribution is 5.80. The van der Waals surface area contributed by atoms with E-state index in [1.54, 1.807) is 7.11 Å². The average molecular weight is 533 g/mol. The normalized spacial score (nSPS) is 13.8. The van der Waals surface area contributed by atoms with Gasteiger partial charge in [0.2, 0.25) is 6.79 Å². The van der Waals surface area contributed by atoms with Crippen LogP contribution < -0.4 is 19.8 Å². The number of tetrazole rings is 1. The zero-order valence-corrected chi connectivity index (χ0v) is 23.2. The van der Waals surface area contributed by atoms with E-state index in [4.69, 9.17) is 14.2 Å². The van der Waals surface area contributed by atoms with Crippen molar-refractivity contribution < 1.29 is 14.2 Å². The second kappa shape index (κ2) is 11.1. The number of pyridine rings is 1. The van der Waals surface area contributed by atoms with Crippen LogP contribution in [0.4, 0.5) is 0 Å². The molecule has 0 spiro atoms. The van der Waals surface area contributed by atoms with Crippen molar-refractivity contribution in [3.05, 3.63) is 69.8 Å². The minimum absolute atomic E-state index is 0.118. The molecule has 0 unspecified atom stereocenters. The molecule has 0 aliphatic carbocycles. The largest absolute Gasteiger partial charge is 0.497 e. The van der Waals surface area contributed by atoms with Crippen LogP contribution in [0, 0.1) is 0 Å². The molecule has 0 fully saturated rings. The number of nitrogens with one attached hydrogen (secondary N) is 1. The molecule has 2 aromatic carbocycles. The Labute approximate surface area is 227 Å². The summed E-state index contributed by atoms with van der Waals surface area (Å²) in [6.45, 7) is 9.77. The summed E-state index contributed by atoms with van der Waals surface area (Å²) in [5.41, 5.74) is 2.08. The van der Waals surface area contributed by atoms with Gasteiger partial charge in [-0.2, -0.15) is 0 Å². The molecule has 0 saturated heterocycles. The van der Waals surface area contributed by atoms with E-state index in [2.05, 4.69) is 53.1 Å². The van der Waals surface area contributed by atoms with Crippen LogP contribution in [0.5, 0.6) is 17.2 Å². The van der Waals surface area contributed by atoms with Crippen LogP contribution in [0.15, 0.2) is 47.3 Å². The number of ether oxygens (including phenoxy) is 3. The average Bonchev–Trinajstić information content (AvgIpc) is 3.61. The molecule has 4 aromatic rings. The van der Waals surface area contributed by atoms with Gasteiger partial charge in [-0.05, 0) is 78.4 Å². The van der Waals surface area contributed by atoms with Crippen molar-refractivity contribution in [3.63, 3.8) is 0 Å². The number of rotatable bonds is 11. The van der Waals surface area contributed by atoms with Gasteiger partial charge in [0, 0.05) is 24.7 Å². The summed E-state index contributed by atoms with van der Waals surface area (Å²) in [6.07, 6.45) is 2.63. The molecule has 1 atom stereocenters. The van der Waals surface area contributed by atoms with Crippen molar-refractivity contribution in [2.75, 3.05) is 13.9 Å². The van der Waals surface area contributed by atoms with Crippen molar-refractivity contribution in [1.29, 1.82) is 0 Å². The fourth-order valence-corrected chi connectivity index (χ4v) is 4.97. The number of hydrogen-bond acceptors (Lipinski definition) is 8. The van der Waals surface area contributed by atoms with E-state index < -0.39 is 0 Å². The van der Waals surface area contributed by atoms with E-state index in [-0.39, 0.29) is 23.9 Å². The Morgan fingerprint density at radius 2 is 1.92 bits per heavy atom. The molecule has 10 heteroatoms. The van der Waals surface area contributed by atoms with Gasteiger partial charge >= 0.3 is 0 Å². The third kappa shape index (κ3) is 5.47. The van der Waals surface area contributed by atoms with Crippen LogP contribution in [-0.2, 0) is 18.6 Å². The van der Waals surface area contributed by atoms with Crippen molar-refractivity contribution in [2.24, 2.45) is 0 Å². The van der Waals surface area contributed by atoms with Crippen molar-refractivity contribution in [3.8, 4) is 17.2 Å². The standard InChI is InChI=1S/C29H36N6O4/c1-6-8-24(27-31-32-33-35(27)29(3,4)7-2)34(16-19-9-12-25-26(13-19)39-18-38-25)17-21-14-20-10-11-22(37-5)15-23(20)30-28(21)36/h9-15,24H,6-8,16-18H2,1-5H3,(H,30,36)/t24-/m1/s1. The summed E-state index contributed by atoms with van der Waals surface area (Å²) in [6, 6.07) is 13.5. The van der Waals surface area contributed by atoms with Crippen LogP contribution >= 0.6 is 0 Å². The van der Waals surface area contributed by atoms with Gasteiger partial charge in [-0.15, -0.1) is 5.10 Å². The van der Waals surface area contributed by atoms with Gasteiger partial charge in [0.1, 0.15) is 5.75 Å². The number of fused-ring (bicyclic) bond motifs is 2. The van der Waals surface area contributed by atoms with Gasteiger partial charge in [-0.25, -0.2) is 4.68 Å². The highest BCUT2D eigenvalue weighted by Gasteiger charge is 2.32. The minimum atomic E-state index is -0.255. The summed E-state index contributed by atoms with van der Waals surface area (Å²) >= 11 is 0. The second-order valence-corrected chi connectivity index (χ2v) is 10.6. The molecule has 10 nitrogen and oxygen atoms in total. The second-order valence-electron chi connectivity index (χ2n) is 10.6. The van der Waals surface area contributed by atoms with Crippen LogP contribution in [0.25, 0.3) is 10.9 Å². The molecule has 5 rings (SSSR count). The van der Waals surface area contributed by atoms with E-state index in [0.717, 1.165) is 53.1 Å². The fourth-order valence-electron chi connectivity index (χ4n) is 4.97. The Balaban J connectivity index is 1.57. The van der Waals surface area contributed by atoms with Crippen LogP contribution in [0.3, 0.4) is 0 Å². The number of H-pyrrole nitrogens is 1. The number of benzene rings is 2. The number of aromatic amines is 1. The lowest BCUT2D eigenvalue weighted by Crippen LogP contribution is -2.36. The lowest BCUT2D eigenvalue weighted by atomic mass is 10.00. The first-order valence-electron chi connectivity index (χ1n) is 13.4. The van der Waals surface area contributed by atoms with E-state index in [9.17, 15) is 4.79 Å². The molecule has 2 aromatic heterocycles. The Kier molecular flexibility index (Phi) is 7.56. The minimum Gasteiger partial charge on any atom is -0.497 e. The third-order valence-electron chi connectivity index (χ3n) is 7.56. The summed E-state index contributed by atoms with van der Waals surface area (Å²) in [7, 11) is 1.61. The molecule has 0 radical (unpaired) electrons. The predicted octanol–water partition coefficient (Wildman–Crippen LogP) is 4.94. The van der Waals surface area contributed by atoms with E-state index in [1.165, 1.54) is 0 Å². The van der Waals surface area contributed by atoms with E-state index >= 15 is 0 Å². The highest BCUT2D eigenvalue weighted by atomic mass is 16.7. The third-order valence-corrected chi connectivity index (χ3v) is 7.56. The molecule has 206 valence electrons. The number of aromatic nitrogens is 5. The maximum atomic E-state index is 13.3. The monoisotopic (exact) mass is 532 g/mol.